The summed E-state index contributed by atoms with van der Waals surface area (Å²) in [6.45, 7) is 0. The van der Waals surface area contributed by atoms with Gasteiger partial charge in [0.05, 0.1) is 7.11 Å². The Bertz CT molecular complexity index is 856. The first-order chi connectivity index (χ1) is 10.0. The molecule has 0 aliphatic rings. The van der Waals surface area contributed by atoms with Crippen LogP contribution in [0.15, 0.2) is 23.0 Å². The highest BCUT2D eigenvalue weighted by molar-refractivity contribution is 5.83. The second-order valence-corrected chi connectivity index (χ2v) is 4.10. The monoisotopic (exact) mass is 282 g/mol. The van der Waals surface area contributed by atoms with Gasteiger partial charge in [0.2, 0.25) is 0 Å². The third-order valence-corrected chi connectivity index (χ3v) is 2.94. The van der Waals surface area contributed by atoms with Crippen molar-refractivity contribution in [2.24, 2.45) is 0 Å². The van der Waals surface area contributed by atoms with E-state index in [9.17, 15) is 15.2 Å². The molecule has 104 valence electrons. The summed E-state index contributed by atoms with van der Waals surface area (Å²) < 4.78 is 5.04. The third kappa shape index (κ3) is 2.24. The highest BCUT2D eigenvalue weighted by atomic mass is 16.5. The maximum absolute atomic E-state index is 11.8. The second-order valence-electron chi connectivity index (χ2n) is 4.10. The SMILES string of the molecule is COc1ccc(O)c(-c2c(C#N)c(N)[nH]c(=O)c2C#N)c1. The second kappa shape index (κ2) is 5.27. The Balaban J connectivity index is 2.96. The first-order valence-corrected chi connectivity index (χ1v) is 5.76. The minimum atomic E-state index is -0.730. The summed E-state index contributed by atoms with van der Waals surface area (Å²) in [7, 11) is 1.43. The van der Waals surface area contributed by atoms with Crippen molar-refractivity contribution >= 4 is 5.82 Å². The summed E-state index contributed by atoms with van der Waals surface area (Å²) in [5.41, 5.74) is 4.60. The zero-order chi connectivity index (χ0) is 15.6. The molecule has 0 fully saturated rings. The van der Waals surface area contributed by atoms with Crippen molar-refractivity contribution in [3.63, 3.8) is 0 Å². The van der Waals surface area contributed by atoms with Crippen LogP contribution in [-0.2, 0) is 0 Å². The minimum absolute atomic E-state index is 0.0161. The van der Waals surface area contributed by atoms with Gasteiger partial charge in [0.1, 0.15) is 40.6 Å². The van der Waals surface area contributed by atoms with Gasteiger partial charge in [-0.1, -0.05) is 0 Å². The van der Waals surface area contributed by atoms with E-state index in [0.717, 1.165) is 0 Å². The summed E-state index contributed by atoms with van der Waals surface area (Å²) in [5.74, 6) is 0.0296. The van der Waals surface area contributed by atoms with E-state index in [-0.39, 0.29) is 33.8 Å². The Morgan fingerprint density at radius 1 is 1.29 bits per heavy atom. The number of hydrogen-bond donors (Lipinski definition) is 3. The van der Waals surface area contributed by atoms with Crippen molar-refractivity contribution in [2.45, 2.75) is 0 Å². The standard InChI is InChI=1S/C14H10N4O3/c1-21-7-2-3-11(19)8(4-7)12-9(5-15)13(17)18-14(20)10(12)6-16/h2-4,19H,1H3,(H3,17,18,20). The lowest BCUT2D eigenvalue weighted by molar-refractivity contribution is 0.412. The first-order valence-electron chi connectivity index (χ1n) is 5.76. The number of aromatic amines is 1. The van der Waals surface area contributed by atoms with Crippen LogP contribution in [0.5, 0.6) is 11.5 Å². The molecule has 7 heteroatoms. The summed E-state index contributed by atoms with van der Waals surface area (Å²) >= 11 is 0. The van der Waals surface area contributed by atoms with Gasteiger partial charge in [0.15, 0.2) is 0 Å². The topological polar surface area (TPSA) is 136 Å². The molecule has 1 aromatic carbocycles. The molecular formula is C14H10N4O3. The molecule has 1 aromatic heterocycles. The number of aromatic nitrogens is 1. The number of nitrogens with two attached hydrogens (primary N) is 1. The summed E-state index contributed by atoms with van der Waals surface area (Å²) in [4.78, 5) is 14.1. The highest BCUT2D eigenvalue weighted by Gasteiger charge is 2.20. The largest absolute Gasteiger partial charge is 0.507 e. The smallest absolute Gasteiger partial charge is 0.268 e. The predicted molar refractivity (Wildman–Crippen MR) is 74.6 cm³/mol. The maximum Gasteiger partial charge on any atom is 0.268 e. The summed E-state index contributed by atoms with van der Waals surface area (Å²) in [5, 5.41) is 28.3. The van der Waals surface area contributed by atoms with Gasteiger partial charge >= 0.3 is 0 Å². The quantitative estimate of drug-likeness (QED) is 0.754. The van der Waals surface area contributed by atoms with Crippen LogP contribution in [0.25, 0.3) is 11.1 Å². The molecule has 0 atom stereocenters. The van der Waals surface area contributed by atoms with Crippen LogP contribution in [0.3, 0.4) is 0 Å². The van der Waals surface area contributed by atoms with Crippen LogP contribution < -0.4 is 16.0 Å². The number of ether oxygens (including phenoxy) is 1. The number of phenols is 1. The van der Waals surface area contributed by atoms with Crippen LogP contribution in [-0.4, -0.2) is 17.2 Å². The average Bonchev–Trinajstić information content (AvgIpc) is 2.47. The van der Waals surface area contributed by atoms with Crippen LogP contribution in [0.2, 0.25) is 0 Å². The predicted octanol–water partition coefficient (Wildman–Crippen LogP) is 1.08. The molecule has 0 spiro atoms. The van der Waals surface area contributed by atoms with Gasteiger partial charge < -0.3 is 20.6 Å². The number of anilines is 1. The van der Waals surface area contributed by atoms with Crippen molar-refractivity contribution in [3.05, 3.63) is 39.7 Å². The Labute approximate surface area is 119 Å². The molecule has 0 saturated carbocycles. The number of phenolic OH excluding ortho intramolecular Hbond substituents is 1. The van der Waals surface area contributed by atoms with E-state index in [4.69, 9.17) is 15.7 Å². The summed E-state index contributed by atoms with van der Waals surface area (Å²) in [6, 6.07) is 7.83. The molecule has 0 aliphatic carbocycles. The maximum atomic E-state index is 11.8. The molecular weight excluding hydrogens is 272 g/mol. The fourth-order valence-electron chi connectivity index (χ4n) is 1.96. The van der Waals surface area contributed by atoms with Gasteiger partial charge in [-0.3, -0.25) is 4.79 Å². The molecule has 2 aromatic rings. The first kappa shape index (κ1) is 14.0. The average molecular weight is 282 g/mol. The van der Waals surface area contributed by atoms with Gasteiger partial charge in [-0.25, -0.2) is 0 Å². The van der Waals surface area contributed by atoms with E-state index in [0.29, 0.717) is 5.75 Å². The number of hydrogen-bond acceptors (Lipinski definition) is 6. The van der Waals surface area contributed by atoms with E-state index in [2.05, 4.69) is 4.98 Å². The lowest BCUT2D eigenvalue weighted by Crippen LogP contribution is -2.16. The molecule has 1 heterocycles. The summed E-state index contributed by atoms with van der Waals surface area (Å²) in [6.07, 6.45) is 0. The highest BCUT2D eigenvalue weighted by Crippen LogP contribution is 2.36. The van der Waals surface area contributed by atoms with E-state index in [1.54, 1.807) is 6.07 Å². The van der Waals surface area contributed by atoms with Gasteiger partial charge in [0, 0.05) is 11.1 Å². The lowest BCUT2D eigenvalue weighted by Gasteiger charge is -2.11. The number of nitrogens with one attached hydrogen (secondary N) is 1. The molecule has 4 N–H and O–H groups in total. The van der Waals surface area contributed by atoms with Gasteiger partial charge in [0.25, 0.3) is 5.56 Å². The van der Waals surface area contributed by atoms with Gasteiger partial charge in [-0.2, -0.15) is 10.5 Å². The normalized spacial score (nSPS) is 9.67. The molecule has 7 nitrogen and oxygen atoms in total. The van der Waals surface area contributed by atoms with E-state index < -0.39 is 5.56 Å². The van der Waals surface area contributed by atoms with Gasteiger partial charge in [-0.05, 0) is 18.2 Å². The fraction of sp³-hybridized carbons (Fsp3) is 0.0714. The van der Waals surface area contributed by atoms with Crippen LogP contribution in [0.4, 0.5) is 5.82 Å². The molecule has 21 heavy (non-hydrogen) atoms. The molecule has 2 rings (SSSR count). The number of nitriles is 2. The molecule has 0 radical (unpaired) electrons. The zero-order valence-electron chi connectivity index (χ0n) is 11.0. The Hall–Kier alpha value is -3.45. The minimum Gasteiger partial charge on any atom is -0.507 e. The number of rotatable bonds is 2. The van der Waals surface area contributed by atoms with E-state index >= 15 is 0 Å². The molecule has 0 unspecified atom stereocenters. The van der Waals surface area contributed by atoms with Crippen molar-refractivity contribution in [1.82, 2.24) is 4.98 Å². The molecule has 0 aliphatic heterocycles. The van der Waals surface area contributed by atoms with E-state index in [1.165, 1.54) is 25.3 Å². The van der Waals surface area contributed by atoms with E-state index in [1.807, 2.05) is 6.07 Å². The molecule has 0 bridgehead atoms. The zero-order valence-corrected chi connectivity index (χ0v) is 11.0. The third-order valence-electron chi connectivity index (χ3n) is 2.94. The lowest BCUT2D eigenvalue weighted by atomic mass is 9.95. The Morgan fingerprint density at radius 2 is 1.95 bits per heavy atom. The fourth-order valence-corrected chi connectivity index (χ4v) is 1.96. The van der Waals surface area contributed by atoms with Crippen LogP contribution >= 0.6 is 0 Å². The number of nitrogen functional groups attached to an aromatic ring is 1. The number of nitrogens with zero attached hydrogens (tertiary/aromatic N) is 2. The molecule has 0 amide bonds. The van der Waals surface area contributed by atoms with Crippen molar-refractivity contribution in [1.29, 1.82) is 10.5 Å². The Morgan fingerprint density at radius 3 is 2.52 bits per heavy atom. The Kier molecular flexibility index (Phi) is 3.51. The van der Waals surface area contributed by atoms with Crippen molar-refractivity contribution < 1.29 is 9.84 Å². The number of benzene rings is 1. The van der Waals surface area contributed by atoms with Crippen molar-refractivity contribution in [2.75, 3.05) is 12.8 Å². The van der Waals surface area contributed by atoms with Crippen LogP contribution in [0, 0.1) is 22.7 Å². The van der Waals surface area contributed by atoms with Crippen molar-refractivity contribution in [3.8, 4) is 34.8 Å². The number of H-pyrrole nitrogens is 1. The van der Waals surface area contributed by atoms with Crippen LogP contribution in [0.1, 0.15) is 11.1 Å². The number of methoxy groups -OCH3 is 1. The molecule has 0 saturated heterocycles. The van der Waals surface area contributed by atoms with Gasteiger partial charge in [-0.15, -0.1) is 0 Å². The number of pyridine rings is 1. The number of aromatic hydroxyl groups is 1.